The highest BCUT2D eigenvalue weighted by Gasteiger charge is 2.53. The Labute approximate surface area is 224 Å². The Balaban J connectivity index is 1.31. The second-order valence-electron chi connectivity index (χ2n) is 10.2. The number of amides is 2. The van der Waals surface area contributed by atoms with E-state index in [1.54, 1.807) is 44.2 Å². The second-order valence-corrected chi connectivity index (χ2v) is 10.7. The van der Waals surface area contributed by atoms with Gasteiger partial charge in [0.1, 0.15) is 0 Å². The van der Waals surface area contributed by atoms with Gasteiger partial charge in [-0.3, -0.25) is 14.6 Å². The lowest BCUT2D eigenvalue weighted by Gasteiger charge is -2.32. The van der Waals surface area contributed by atoms with E-state index in [1.165, 1.54) is 17.2 Å². The van der Waals surface area contributed by atoms with E-state index in [4.69, 9.17) is 11.6 Å². The van der Waals surface area contributed by atoms with Crippen LogP contribution in [0.25, 0.3) is 0 Å². The van der Waals surface area contributed by atoms with E-state index in [1.807, 2.05) is 0 Å². The van der Waals surface area contributed by atoms with Crippen molar-refractivity contribution in [2.24, 2.45) is 5.92 Å². The second kappa shape index (κ2) is 10.1. The largest absolute Gasteiger partial charge is 0.372 e. The number of pyridine rings is 1. The van der Waals surface area contributed by atoms with Gasteiger partial charge in [-0.1, -0.05) is 29.8 Å². The lowest BCUT2D eigenvalue weighted by atomic mass is 9.85. The molecule has 2 N–H and O–H groups in total. The van der Waals surface area contributed by atoms with Gasteiger partial charge in [0.05, 0.1) is 22.0 Å². The SMILES string of the molecule is Cc1cc(F)c(F)c(C2(O)C(=O)N(C[C@H]3CC[C@H](NC(=O)c4cc(Cl)cnc4C)CC3)c3ccccc32)c1. The van der Waals surface area contributed by atoms with Crippen molar-refractivity contribution < 1.29 is 23.5 Å². The summed E-state index contributed by atoms with van der Waals surface area (Å²) in [6, 6.07) is 10.6. The molecule has 9 heteroatoms. The molecule has 5 rings (SSSR count). The summed E-state index contributed by atoms with van der Waals surface area (Å²) >= 11 is 6.00. The fourth-order valence-electron chi connectivity index (χ4n) is 5.61. The fourth-order valence-corrected chi connectivity index (χ4v) is 5.77. The number of benzene rings is 2. The molecule has 2 aromatic carbocycles. The number of aromatic nitrogens is 1. The Bertz CT molecular complexity index is 1420. The van der Waals surface area contributed by atoms with Gasteiger partial charge >= 0.3 is 0 Å². The normalized spacial score (nSPS) is 22.9. The summed E-state index contributed by atoms with van der Waals surface area (Å²) < 4.78 is 29.2. The fraction of sp³-hybridized carbons (Fsp3) is 0.345. The zero-order chi connectivity index (χ0) is 27.2. The molecule has 3 aromatic rings. The van der Waals surface area contributed by atoms with Gasteiger partial charge in [-0.2, -0.15) is 0 Å². The van der Waals surface area contributed by atoms with Gasteiger partial charge in [0, 0.05) is 29.9 Å². The first-order valence-electron chi connectivity index (χ1n) is 12.6. The van der Waals surface area contributed by atoms with Crippen LogP contribution in [0, 0.1) is 31.4 Å². The maximum Gasteiger partial charge on any atom is 0.268 e. The van der Waals surface area contributed by atoms with Gasteiger partial charge in [0.2, 0.25) is 0 Å². The van der Waals surface area contributed by atoms with Crippen molar-refractivity contribution in [3.05, 3.63) is 93.3 Å². The number of aliphatic hydroxyl groups is 1. The summed E-state index contributed by atoms with van der Waals surface area (Å²) in [5.41, 5.74) is -0.530. The molecule has 0 radical (unpaired) electrons. The predicted molar refractivity (Wildman–Crippen MR) is 140 cm³/mol. The third-order valence-electron chi connectivity index (χ3n) is 7.62. The third-order valence-corrected chi connectivity index (χ3v) is 7.83. The van der Waals surface area contributed by atoms with Crippen LogP contribution in [0.15, 0.2) is 48.7 Å². The van der Waals surface area contributed by atoms with Crippen molar-refractivity contribution in [1.82, 2.24) is 10.3 Å². The molecule has 0 bridgehead atoms. The lowest BCUT2D eigenvalue weighted by molar-refractivity contribution is -0.132. The number of hydrogen-bond acceptors (Lipinski definition) is 4. The minimum atomic E-state index is -2.32. The number of fused-ring (bicyclic) bond motifs is 1. The van der Waals surface area contributed by atoms with Crippen LogP contribution in [0.5, 0.6) is 0 Å². The van der Waals surface area contributed by atoms with Crippen molar-refractivity contribution in [3.63, 3.8) is 0 Å². The topological polar surface area (TPSA) is 82.5 Å². The van der Waals surface area contributed by atoms with Gasteiger partial charge in [0.15, 0.2) is 17.2 Å². The Morgan fingerprint density at radius 1 is 1.13 bits per heavy atom. The first kappa shape index (κ1) is 26.3. The molecule has 1 aliphatic heterocycles. The lowest BCUT2D eigenvalue weighted by Crippen LogP contribution is -2.45. The van der Waals surface area contributed by atoms with Crippen LogP contribution in [0.1, 0.15) is 58.4 Å². The first-order chi connectivity index (χ1) is 18.1. The van der Waals surface area contributed by atoms with Crippen LogP contribution in [0.3, 0.4) is 0 Å². The van der Waals surface area contributed by atoms with Crippen LogP contribution >= 0.6 is 11.6 Å². The molecule has 1 unspecified atom stereocenters. The molecule has 2 aliphatic rings. The van der Waals surface area contributed by atoms with Crippen LogP contribution in [-0.2, 0) is 10.4 Å². The number of rotatable bonds is 5. The minimum Gasteiger partial charge on any atom is -0.372 e. The van der Waals surface area contributed by atoms with Crippen LogP contribution in [0.2, 0.25) is 5.02 Å². The maximum absolute atomic E-state index is 14.9. The molecule has 6 nitrogen and oxygen atoms in total. The molecule has 1 aliphatic carbocycles. The number of aryl methyl sites for hydroxylation is 2. The third kappa shape index (κ3) is 4.56. The monoisotopic (exact) mass is 539 g/mol. The number of anilines is 1. The number of carbonyl (C=O) groups excluding carboxylic acids is 2. The van der Waals surface area contributed by atoms with Gasteiger partial charge in [-0.25, -0.2) is 8.78 Å². The highest BCUT2D eigenvalue weighted by molar-refractivity contribution is 6.30. The molecular formula is C29H28ClF2N3O3. The summed E-state index contributed by atoms with van der Waals surface area (Å²) in [6.07, 6.45) is 4.43. The molecule has 38 heavy (non-hydrogen) atoms. The van der Waals surface area contributed by atoms with Gasteiger partial charge < -0.3 is 15.3 Å². The Kier molecular flexibility index (Phi) is 6.96. The van der Waals surface area contributed by atoms with E-state index in [0.717, 1.165) is 31.7 Å². The molecule has 198 valence electrons. The molecule has 0 spiro atoms. The quantitative estimate of drug-likeness (QED) is 0.467. The van der Waals surface area contributed by atoms with Crippen molar-refractivity contribution >= 4 is 29.1 Å². The van der Waals surface area contributed by atoms with Gasteiger partial charge in [-0.05, 0) is 75.3 Å². The average molecular weight is 540 g/mol. The number of halogens is 3. The summed E-state index contributed by atoms with van der Waals surface area (Å²) in [6.45, 7) is 3.66. The average Bonchev–Trinajstić information content (AvgIpc) is 3.11. The predicted octanol–water partition coefficient (Wildman–Crippen LogP) is 5.20. The first-order valence-corrected chi connectivity index (χ1v) is 13.0. The molecule has 1 saturated carbocycles. The highest BCUT2D eigenvalue weighted by Crippen LogP contribution is 2.46. The molecule has 0 saturated heterocycles. The number of nitrogens with zero attached hydrogens (tertiary/aromatic N) is 2. The Morgan fingerprint density at radius 3 is 2.58 bits per heavy atom. The molecular weight excluding hydrogens is 512 g/mol. The summed E-state index contributed by atoms with van der Waals surface area (Å²) in [5.74, 6) is -3.15. The molecule has 1 aromatic heterocycles. The summed E-state index contributed by atoms with van der Waals surface area (Å²) in [4.78, 5) is 32.1. The van der Waals surface area contributed by atoms with Crippen molar-refractivity contribution in [2.45, 2.75) is 51.2 Å². The molecule has 1 atom stereocenters. The van der Waals surface area contributed by atoms with Gasteiger partial charge in [-0.15, -0.1) is 0 Å². The van der Waals surface area contributed by atoms with Crippen LogP contribution < -0.4 is 10.2 Å². The zero-order valence-electron chi connectivity index (χ0n) is 21.1. The Hall–Kier alpha value is -3.36. The molecule has 1 fully saturated rings. The van der Waals surface area contributed by atoms with E-state index in [9.17, 15) is 23.5 Å². The smallest absolute Gasteiger partial charge is 0.268 e. The number of hydrogen-bond donors (Lipinski definition) is 2. The van der Waals surface area contributed by atoms with E-state index in [0.29, 0.717) is 34.1 Å². The Morgan fingerprint density at radius 2 is 1.84 bits per heavy atom. The van der Waals surface area contributed by atoms with E-state index < -0.39 is 23.1 Å². The van der Waals surface area contributed by atoms with Gasteiger partial charge in [0.25, 0.3) is 11.8 Å². The minimum absolute atomic E-state index is 0.0278. The van der Waals surface area contributed by atoms with E-state index in [2.05, 4.69) is 10.3 Å². The van der Waals surface area contributed by atoms with Crippen molar-refractivity contribution in [1.29, 1.82) is 0 Å². The summed E-state index contributed by atoms with van der Waals surface area (Å²) in [7, 11) is 0. The highest BCUT2D eigenvalue weighted by atomic mass is 35.5. The van der Waals surface area contributed by atoms with Crippen molar-refractivity contribution in [3.8, 4) is 0 Å². The summed E-state index contributed by atoms with van der Waals surface area (Å²) in [5, 5.41) is 15.1. The van der Waals surface area contributed by atoms with Crippen LogP contribution in [-0.4, -0.2) is 34.5 Å². The van der Waals surface area contributed by atoms with E-state index >= 15 is 0 Å². The number of nitrogens with one attached hydrogen (secondary N) is 1. The van der Waals surface area contributed by atoms with Crippen LogP contribution in [0.4, 0.5) is 14.5 Å². The van der Waals surface area contributed by atoms with E-state index in [-0.39, 0.29) is 29.0 Å². The number of carbonyl (C=O) groups is 2. The number of para-hydroxylation sites is 1. The molecule has 2 heterocycles. The maximum atomic E-state index is 14.9. The van der Waals surface area contributed by atoms with Crippen molar-refractivity contribution in [2.75, 3.05) is 11.4 Å². The molecule has 2 amide bonds. The standard InChI is InChI=1S/C29H28ClF2N3O3/c1-16-11-23(26(32)24(31)12-16)29(38)22-5-3-4-6-25(22)35(28(29)37)15-18-7-9-20(10-8-18)34-27(36)21-13-19(30)14-33-17(21)2/h3-6,11-14,18,20,38H,7-10,15H2,1-2H3,(H,34,36)/t18-,20-,29?. The zero-order valence-corrected chi connectivity index (χ0v) is 21.9.